The van der Waals surface area contributed by atoms with Gasteiger partial charge in [-0.25, -0.2) is 4.79 Å². The molecule has 0 aliphatic carbocycles. The van der Waals surface area contributed by atoms with E-state index in [1.807, 2.05) is 34.6 Å². The van der Waals surface area contributed by atoms with Crippen molar-refractivity contribution < 1.29 is 19.7 Å². The van der Waals surface area contributed by atoms with Crippen molar-refractivity contribution in [3.05, 3.63) is 23.8 Å². The largest absolute Gasteiger partial charge is 0.507 e. The van der Waals surface area contributed by atoms with Crippen LogP contribution in [0.15, 0.2) is 18.2 Å². The Morgan fingerprint density at radius 2 is 1.83 bits per heavy atom. The van der Waals surface area contributed by atoms with Gasteiger partial charge in [-0.15, -0.1) is 0 Å². The molecule has 1 amide bonds. The van der Waals surface area contributed by atoms with Crippen molar-refractivity contribution >= 4 is 6.09 Å². The van der Waals surface area contributed by atoms with Crippen molar-refractivity contribution in [2.75, 3.05) is 6.54 Å². The van der Waals surface area contributed by atoms with Crippen LogP contribution < -0.4 is 10.6 Å². The topological polar surface area (TPSA) is 90.8 Å². The van der Waals surface area contributed by atoms with Gasteiger partial charge in [-0.2, -0.15) is 0 Å². The van der Waals surface area contributed by atoms with E-state index < -0.39 is 11.7 Å². The zero-order valence-corrected chi connectivity index (χ0v) is 14.5. The molecule has 1 rings (SSSR count). The first-order valence-corrected chi connectivity index (χ1v) is 7.87. The average molecular weight is 324 g/mol. The Bertz CT molecular complexity index is 506. The molecule has 0 aliphatic rings. The van der Waals surface area contributed by atoms with Crippen LogP contribution in [0.25, 0.3) is 0 Å². The van der Waals surface area contributed by atoms with Gasteiger partial charge in [0.1, 0.15) is 17.1 Å². The fraction of sp³-hybridized carbons (Fsp3) is 0.588. The maximum Gasteiger partial charge on any atom is 0.407 e. The van der Waals surface area contributed by atoms with Gasteiger partial charge in [0.25, 0.3) is 0 Å². The molecule has 0 saturated heterocycles. The number of hydrogen-bond donors (Lipinski definition) is 4. The van der Waals surface area contributed by atoms with Crippen LogP contribution in [0.5, 0.6) is 11.5 Å². The number of phenolic OH excluding ortho intramolecular Hbond substituents is 2. The predicted octanol–water partition coefficient (Wildman–Crippen LogP) is 3.05. The van der Waals surface area contributed by atoms with Crippen LogP contribution in [-0.2, 0) is 4.74 Å². The molecular weight excluding hydrogens is 296 g/mol. The van der Waals surface area contributed by atoms with E-state index in [1.165, 1.54) is 12.1 Å². The Kier molecular flexibility index (Phi) is 6.69. The molecule has 0 heterocycles. The van der Waals surface area contributed by atoms with Gasteiger partial charge in [0.2, 0.25) is 0 Å². The van der Waals surface area contributed by atoms with E-state index in [0.29, 0.717) is 12.1 Å². The lowest BCUT2D eigenvalue weighted by atomic mass is 10.0. The summed E-state index contributed by atoms with van der Waals surface area (Å²) >= 11 is 0. The van der Waals surface area contributed by atoms with Crippen molar-refractivity contribution in [2.45, 2.75) is 58.7 Å². The maximum atomic E-state index is 11.7. The first-order chi connectivity index (χ1) is 10.6. The van der Waals surface area contributed by atoms with E-state index in [9.17, 15) is 15.0 Å². The van der Waals surface area contributed by atoms with Gasteiger partial charge in [0.05, 0.1) is 5.56 Å². The number of hydrogen-bond acceptors (Lipinski definition) is 5. The minimum Gasteiger partial charge on any atom is -0.507 e. The van der Waals surface area contributed by atoms with Gasteiger partial charge < -0.3 is 25.6 Å². The van der Waals surface area contributed by atoms with Gasteiger partial charge >= 0.3 is 6.09 Å². The monoisotopic (exact) mass is 324 g/mol. The molecule has 0 aromatic heterocycles. The van der Waals surface area contributed by atoms with E-state index in [-0.39, 0.29) is 23.6 Å². The molecule has 6 nitrogen and oxygen atoms in total. The number of amides is 1. The number of carbonyl (C=O) groups excluding carboxylic acids is 1. The van der Waals surface area contributed by atoms with Gasteiger partial charge in [-0.3, -0.25) is 0 Å². The van der Waals surface area contributed by atoms with Crippen molar-refractivity contribution in [1.29, 1.82) is 0 Å². The van der Waals surface area contributed by atoms with Gasteiger partial charge in [0, 0.05) is 18.6 Å². The standard InChI is InChI=1S/C17H28N2O4/c1-6-12(10-18-16(22)23-17(3,4)5)19-11(2)15-13(20)8-7-9-14(15)21/h7-9,11-12,19-21H,6,10H2,1-5H3,(H,18,22). The summed E-state index contributed by atoms with van der Waals surface area (Å²) in [6, 6.07) is 4.38. The molecule has 0 saturated carbocycles. The summed E-state index contributed by atoms with van der Waals surface area (Å²) in [5.41, 5.74) is -0.0862. The number of aromatic hydroxyl groups is 2. The summed E-state index contributed by atoms with van der Waals surface area (Å²) in [6.07, 6.45) is 0.310. The quantitative estimate of drug-likeness (QED) is 0.645. The fourth-order valence-corrected chi connectivity index (χ4v) is 2.26. The van der Waals surface area contributed by atoms with Gasteiger partial charge in [0.15, 0.2) is 0 Å². The zero-order valence-electron chi connectivity index (χ0n) is 14.5. The van der Waals surface area contributed by atoms with E-state index in [4.69, 9.17) is 4.74 Å². The zero-order chi connectivity index (χ0) is 17.6. The lowest BCUT2D eigenvalue weighted by molar-refractivity contribution is 0.0521. The number of phenols is 2. The second-order valence-corrected chi connectivity index (χ2v) is 6.59. The fourth-order valence-electron chi connectivity index (χ4n) is 2.26. The van der Waals surface area contributed by atoms with Crippen molar-refractivity contribution in [3.63, 3.8) is 0 Å². The normalized spacial score (nSPS) is 14.1. The van der Waals surface area contributed by atoms with Crippen LogP contribution in [0.2, 0.25) is 0 Å². The minimum atomic E-state index is -0.534. The summed E-state index contributed by atoms with van der Waals surface area (Å²) in [4.78, 5) is 11.7. The summed E-state index contributed by atoms with van der Waals surface area (Å²) in [7, 11) is 0. The highest BCUT2D eigenvalue weighted by molar-refractivity contribution is 5.67. The first-order valence-electron chi connectivity index (χ1n) is 7.87. The molecule has 130 valence electrons. The van der Waals surface area contributed by atoms with Gasteiger partial charge in [-0.05, 0) is 46.2 Å². The summed E-state index contributed by atoms with van der Waals surface area (Å²) in [5, 5.41) is 25.8. The van der Waals surface area contributed by atoms with E-state index in [2.05, 4.69) is 10.6 Å². The Morgan fingerprint density at radius 3 is 2.30 bits per heavy atom. The molecule has 0 aliphatic heterocycles. The molecule has 0 fully saturated rings. The Morgan fingerprint density at radius 1 is 1.26 bits per heavy atom. The lowest BCUT2D eigenvalue weighted by Gasteiger charge is -2.25. The van der Waals surface area contributed by atoms with Crippen molar-refractivity contribution in [3.8, 4) is 11.5 Å². The van der Waals surface area contributed by atoms with Crippen LogP contribution in [0.4, 0.5) is 4.79 Å². The summed E-state index contributed by atoms with van der Waals surface area (Å²) in [5.74, 6) is 0.0832. The Labute approximate surface area is 137 Å². The van der Waals surface area contributed by atoms with Crippen molar-refractivity contribution in [1.82, 2.24) is 10.6 Å². The highest BCUT2D eigenvalue weighted by Gasteiger charge is 2.20. The highest BCUT2D eigenvalue weighted by Crippen LogP contribution is 2.32. The number of ether oxygens (including phenoxy) is 1. The van der Waals surface area contributed by atoms with Gasteiger partial charge in [-0.1, -0.05) is 13.0 Å². The van der Waals surface area contributed by atoms with E-state index >= 15 is 0 Å². The van der Waals surface area contributed by atoms with Crippen molar-refractivity contribution in [2.24, 2.45) is 0 Å². The molecule has 4 N–H and O–H groups in total. The highest BCUT2D eigenvalue weighted by atomic mass is 16.6. The van der Waals surface area contributed by atoms with Crippen LogP contribution in [-0.4, -0.2) is 34.5 Å². The van der Waals surface area contributed by atoms with Crippen LogP contribution in [0.1, 0.15) is 52.6 Å². The third-order valence-electron chi connectivity index (χ3n) is 3.36. The number of rotatable bonds is 6. The molecule has 0 spiro atoms. The van der Waals surface area contributed by atoms with Crippen LogP contribution in [0.3, 0.4) is 0 Å². The second-order valence-electron chi connectivity index (χ2n) is 6.59. The molecule has 1 aromatic carbocycles. The molecule has 0 radical (unpaired) electrons. The molecule has 0 bridgehead atoms. The number of alkyl carbamates (subject to hydrolysis) is 1. The molecule has 2 unspecified atom stereocenters. The smallest absolute Gasteiger partial charge is 0.407 e. The summed E-state index contributed by atoms with van der Waals surface area (Å²) < 4.78 is 5.20. The second kappa shape index (κ2) is 8.06. The third kappa shape index (κ3) is 6.36. The number of benzene rings is 1. The maximum absolute atomic E-state index is 11.7. The number of nitrogens with one attached hydrogen (secondary N) is 2. The summed E-state index contributed by atoms with van der Waals surface area (Å²) in [6.45, 7) is 9.67. The minimum absolute atomic E-state index is 0.0171. The van der Waals surface area contributed by atoms with E-state index in [1.54, 1.807) is 6.07 Å². The van der Waals surface area contributed by atoms with Crippen LogP contribution in [0, 0.1) is 0 Å². The SMILES string of the molecule is CCC(CNC(=O)OC(C)(C)C)NC(C)c1c(O)cccc1O. The molecule has 2 atom stereocenters. The average Bonchev–Trinajstić information content (AvgIpc) is 2.41. The van der Waals surface area contributed by atoms with E-state index in [0.717, 1.165) is 6.42 Å². The first kappa shape index (κ1) is 19.1. The molecule has 23 heavy (non-hydrogen) atoms. The molecule has 1 aromatic rings. The Balaban J connectivity index is 2.61. The third-order valence-corrected chi connectivity index (χ3v) is 3.36. The lowest BCUT2D eigenvalue weighted by Crippen LogP contribution is -2.43. The Hall–Kier alpha value is -1.95. The molecule has 6 heteroatoms. The van der Waals surface area contributed by atoms with Crippen LogP contribution >= 0.6 is 0 Å². The number of carbonyl (C=O) groups is 1. The molecular formula is C17H28N2O4. The predicted molar refractivity (Wildman–Crippen MR) is 89.6 cm³/mol.